The molecule has 0 heterocycles. The van der Waals surface area contributed by atoms with Crippen LogP contribution in [0.1, 0.15) is 30.4 Å². The van der Waals surface area contributed by atoms with Gasteiger partial charge in [0, 0.05) is 6.54 Å². The van der Waals surface area contributed by atoms with Crippen molar-refractivity contribution in [3.8, 4) is 0 Å². The van der Waals surface area contributed by atoms with Crippen LogP contribution in [0, 0.1) is 5.92 Å². The molecule has 0 bridgehead atoms. The number of hydrogen-bond donors (Lipinski definition) is 1. The van der Waals surface area contributed by atoms with Gasteiger partial charge in [-0.25, -0.2) is 0 Å². The number of rotatable bonds is 4. The van der Waals surface area contributed by atoms with Gasteiger partial charge in [-0.15, -0.1) is 0 Å². The molecule has 0 amide bonds. The lowest BCUT2D eigenvalue weighted by Crippen LogP contribution is -2.26. The monoisotopic (exact) mass is 243 g/mol. The lowest BCUT2D eigenvalue weighted by atomic mass is 9.85. The molecule has 4 heteroatoms. The van der Waals surface area contributed by atoms with Crippen molar-refractivity contribution in [3.05, 3.63) is 35.4 Å². The highest BCUT2D eigenvalue weighted by molar-refractivity contribution is 5.25. The van der Waals surface area contributed by atoms with Crippen molar-refractivity contribution in [1.82, 2.24) is 5.32 Å². The lowest BCUT2D eigenvalue weighted by molar-refractivity contribution is -0.137. The maximum absolute atomic E-state index is 12.5. The van der Waals surface area contributed by atoms with Crippen LogP contribution in [0.2, 0.25) is 0 Å². The van der Waals surface area contributed by atoms with Gasteiger partial charge in [-0.2, -0.15) is 13.2 Å². The Kier molecular flexibility index (Phi) is 3.72. The molecule has 17 heavy (non-hydrogen) atoms. The largest absolute Gasteiger partial charge is 0.416 e. The minimum atomic E-state index is -4.25. The second-order valence-corrected chi connectivity index (χ2v) is 4.63. The summed E-state index contributed by atoms with van der Waals surface area (Å²) in [7, 11) is 0. The van der Waals surface area contributed by atoms with Crippen molar-refractivity contribution in [3.63, 3.8) is 0 Å². The van der Waals surface area contributed by atoms with Crippen molar-refractivity contribution in [2.24, 2.45) is 5.92 Å². The van der Waals surface area contributed by atoms with E-state index in [2.05, 4.69) is 5.32 Å². The van der Waals surface area contributed by atoms with Gasteiger partial charge in [0.1, 0.15) is 0 Å². The summed E-state index contributed by atoms with van der Waals surface area (Å²) in [4.78, 5) is 0. The van der Waals surface area contributed by atoms with E-state index in [4.69, 9.17) is 0 Å². The van der Waals surface area contributed by atoms with E-state index in [-0.39, 0.29) is 0 Å². The molecule has 1 aromatic rings. The highest BCUT2D eigenvalue weighted by Gasteiger charge is 2.30. The average molecular weight is 243 g/mol. The zero-order valence-corrected chi connectivity index (χ0v) is 9.56. The van der Waals surface area contributed by atoms with Crippen LogP contribution in [-0.2, 0) is 12.7 Å². The molecule has 0 saturated heterocycles. The normalized spacial score (nSPS) is 16.9. The molecule has 1 saturated carbocycles. The Morgan fingerprint density at radius 2 is 2.00 bits per heavy atom. The summed E-state index contributed by atoms with van der Waals surface area (Å²) >= 11 is 0. The van der Waals surface area contributed by atoms with E-state index in [9.17, 15) is 13.2 Å². The van der Waals surface area contributed by atoms with Crippen molar-refractivity contribution < 1.29 is 13.2 Å². The Morgan fingerprint density at radius 3 is 2.59 bits per heavy atom. The summed E-state index contributed by atoms with van der Waals surface area (Å²) in [6.07, 6.45) is -0.467. The Labute approximate surface area is 99.0 Å². The van der Waals surface area contributed by atoms with E-state index in [1.807, 2.05) is 0 Å². The number of hydrogen-bond acceptors (Lipinski definition) is 1. The summed E-state index contributed by atoms with van der Waals surface area (Å²) in [6.45, 7) is 1.43. The van der Waals surface area contributed by atoms with Crippen LogP contribution in [0.15, 0.2) is 24.3 Å². The average Bonchev–Trinajstić information content (AvgIpc) is 2.21. The van der Waals surface area contributed by atoms with Crippen molar-refractivity contribution in [2.75, 3.05) is 6.54 Å². The van der Waals surface area contributed by atoms with Crippen LogP contribution >= 0.6 is 0 Å². The molecule has 1 aliphatic carbocycles. The summed E-state index contributed by atoms with van der Waals surface area (Å²) in [6, 6.07) is 5.51. The Balaban J connectivity index is 1.87. The van der Waals surface area contributed by atoms with Crippen LogP contribution in [0.3, 0.4) is 0 Å². The quantitative estimate of drug-likeness (QED) is 0.852. The zero-order chi connectivity index (χ0) is 12.3. The topological polar surface area (TPSA) is 12.0 Å². The van der Waals surface area contributed by atoms with E-state index < -0.39 is 11.7 Å². The molecule has 0 unspecified atom stereocenters. The summed E-state index contributed by atoms with van der Waals surface area (Å²) < 4.78 is 37.4. The highest BCUT2D eigenvalue weighted by atomic mass is 19.4. The third-order valence-electron chi connectivity index (χ3n) is 3.24. The van der Waals surface area contributed by atoms with Crippen LogP contribution < -0.4 is 5.32 Å². The third kappa shape index (κ3) is 3.46. The van der Waals surface area contributed by atoms with Crippen molar-refractivity contribution in [1.29, 1.82) is 0 Å². The Bertz CT molecular complexity index is 369. The number of alkyl halides is 3. The van der Waals surface area contributed by atoms with Crippen LogP contribution in [0.25, 0.3) is 0 Å². The van der Waals surface area contributed by atoms with Gasteiger partial charge in [0.05, 0.1) is 5.56 Å². The molecule has 0 aliphatic heterocycles. The molecule has 1 aliphatic rings. The van der Waals surface area contributed by atoms with Gasteiger partial charge in [-0.05, 0) is 36.9 Å². The van der Waals surface area contributed by atoms with Crippen molar-refractivity contribution in [2.45, 2.75) is 32.0 Å². The molecule has 1 N–H and O–H groups in total. The SMILES string of the molecule is FC(F)(F)c1cccc(CNCC2CCC2)c1. The summed E-state index contributed by atoms with van der Waals surface area (Å²) in [5.74, 6) is 0.723. The fraction of sp³-hybridized carbons (Fsp3) is 0.538. The van der Waals surface area contributed by atoms with Crippen LogP contribution in [0.4, 0.5) is 13.2 Å². The van der Waals surface area contributed by atoms with Gasteiger partial charge in [-0.1, -0.05) is 24.6 Å². The fourth-order valence-electron chi connectivity index (χ4n) is 1.98. The summed E-state index contributed by atoms with van der Waals surface area (Å²) in [5, 5.41) is 3.21. The van der Waals surface area contributed by atoms with Gasteiger partial charge in [0.2, 0.25) is 0 Å². The number of benzene rings is 1. The fourth-order valence-corrected chi connectivity index (χ4v) is 1.98. The molecular formula is C13H16F3N. The molecule has 1 fully saturated rings. The lowest BCUT2D eigenvalue weighted by Gasteiger charge is -2.25. The molecule has 0 radical (unpaired) electrons. The molecule has 1 aromatic carbocycles. The Morgan fingerprint density at radius 1 is 1.24 bits per heavy atom. The van der Waals surface area contributed by atoms with Crippen LogP contribution in [0.5, 0.6) is 0 Å². The van der Waals surface area contributed by atoms with E-state index >= 15 is 0 Å². The van der Waals surface area contributed by atoms with Gasteiger partial charge in [-0.3, -0.25) is 0 Å². The molecule has 0 aromatic heterocycles. The maximum Gasteiger partial charge on any atom is 0.416 e. The van der Waals surface area contributed by atoms with Gasteiger partial charge >= 0.3 is 6.18 Å². The predicted octanol–water partition coefficient (Wildman–Crippen LogP) is 3.60. The Hall–Kier alpha value is -1.03. The number of nitrogens with one attached hydrogen (secondary N) is 1. The molecule has 1 nitrogen and oxygen atoms in total. The second kappa shape index (κ2) is 5.08. The predicted molar refractivity (Wildman–Crippen MR) is 60.5 cm³/mol. The standard InChI is InChI=1S/C13H16F3N/c14-13(15,16)12-6-2-5-11(7-12)9-17-8-10-3-1-4-10/h2,5-7,10,17H,1,3-4,8-9H2. The molecule has 2 rings (SSSR count). The third-order valence-corrected chi connectivity index (χ3v) is 3.24. The van der Waals surface area contributed by atoms with Gasteiger partial charge in [0.25, 0.3) is 0 Å². The first-order chi connectivity index (χ1) is 8.05. The minimum Gasteiger partial charge on any atom is -0.312 e. The molecule has 0 spiro atoms. The summed E-state index contributed by atoms with van der Waals surface area (Å²) in [5.41, 5.74) is 0.125. The van der Waals surface area contributed by atoms with Crippen molar-refractivity contribution >= 4 is 0 Å². The molecule has 0 atom stereocenters. The van der Waals surface area contributed by atoms with Crippen LogP contribution in [-0.4, -0.2) is 6.54 Å². The van der Waals surface area contributed by atoms with E-state index in [1.165, 1.54) is 31.4 Å². The first-order valence-corrected chi connectivity index (χ1v) is 5.92. The van der Waals surface area contributed by atoms with Gasteiger partial charge < -0.3 is 5.32 Å². The first kappa shape index (κ1) is 12.4. The smallest absolute Gasteiger partial charge is 0.312 e. The second-order valence-electron chi connectivity index (χ2n) is 4.63. The van der Waals surface area contributed by atoms with Gasteiger partial charge in [0.15, 0.2) is 0 Å². The van der Waals surface area contributed by atoms with E-state index in [0.717, 1.165) is 18.5 Å². The van der Waals surface area contributed by atoms with E-state index in [0.29, 0.717) is 12.1 Å². The number of halogens is 3. The maximum atomic E-state index is 12.5. The highest BCUT2D eigenvalue weighted by Crippen LogP contribution is 2.29. The molecular weight excluding hydrogens is 227 g/mol. The van der Waals surface area contributed by atoms with E-state index in [1.54, 1.807) is 6.07 Å². The zero-order valence-electron chi connectivity index (χ0n) is 9.56. The molecule has 94 valence electrons. The minimum absolute atomic E-state index is 0.514. The first-order valence-electron chi connectivity index (χ1n) is 5.92.